The Balaban J connectivity index is 1.62. The molecule has 112 valence electrons. The van der Waals surface area contributed by atoms with Crippen LogP contribution in [0, 0.1) is 0 Å². The zero-order valence-electron chi connectivity index (χ0n) is 11.8. The number of hydrogen-bond donors (Lipinski definition) is 2. The lowest BCUT2D eigenvalue weighted by atomic mass is 10.3. The van der Waals surface area contributed by atoms with Crippen molar-refractivity contribution in [2.24, 2.45) is 0 Å². The molecule has 3 rings (SSSR count). The van der Waals surface area contributed by atoms with Gasteiger partial charge in [0, 0.05) is 5.69 Å². The smallest absolute Gasteiger partial charge is 0.237 e. The van der Waals surface area contributed by atoms with E-state index in [0.29, 0.717) is 5.16 Å². The first-order valence-electron chi connectivity index (χ1n) is 6.71. The number of amides is 1. The largest absolute Gasteiger partial charge is 0.325 e. The summed E-state index contributed by atoms with van der Waals surface area (Å²) in [6, 6.07) is 13.3. The second-order valence-corrected chi connectivity index (χ2v) is 6.81. The number of aromatic nitrogens is 3. The van der Waals surface area contributed by atoms with Crippen LogP contribution in [0.2, 0.25) is 0 Å². The lowest BCUT2D eigenvalue weighted by Crippen LogP contribution is -2.22. The fourth-order valence-corrected chi connectivity index (χ4v) is 3.19. The van der Waals surface area contributed by atoms with E-state index in [9.17, 15) is 4.79 Å². The van der Waals surface area contributed by atoms with Crippen LogP contribution in [-0.4, -0.2) is 26.3 Å². The SMILES string of the molecule is C[C@H](Sc1n[nH]c(-c2cccs2)n1)C(=O)Nc1ccccc1. The third kappa shape index (κ3) is 3.55. The van der Waals surface area contributed by atoms with Gasteiger partial charge in [-0.15, -0.1) is 16.4 Å². The summed E-state index contributed by atoms with van der Waals surface area (Å²) in [6.45, 7) is 1.84. The minimum atomic E-state index is -0.285. The Hall–Kier alpha value is -2.12. The molecule has 1 aromatic carbocycles. The van der Waals surface area contributed by atoms with Crippen LogP contribution in [0.25, 0.3) is 10.7 Å². The highest BCUT2D eigenvalue weighted by atomic mass is 32.2. The molecular weight excluding hydrogens is 316 g/mol. The molecule has 0 aliphatic rings. The highest BCUT2D eigenvalue weighted by molar-refractivity contribution is 8.00. The van der Waals surface area contributed by atoms with E-state index in [1.54, 1.807) is 11.3 Å². The number of nitrogens with zero attached hydrogens (tertiary/aromatic N) is 2. The number of nitrogens with one attached hydrogen (secondary N) is 2. The number of thiophene rings is 1. The van der Waals surface area contributed by atoms with Crippen molar-refractivity contribution in [3.05, 3.63) is 47.8 Å². The molecule has 0 spiro atoms. The van der Waals surface area contributed by atoms with Gasteiger partial charge < -0.3 is 5.32 Å². The molecule has 1 atom stereocenters. The summed E-state index contributed by atoms with van der Waals surface area (Å²) in [5, 5.41) is 12.2. The fourth-order valence-electron chi connectivity index (χ4n) is 1.80. The Morgan fingerprint density at radius 3 is 2.82 bits per heavy atom. The number of thioether (sulfide) groups is 1. The maximum absolute atomic E-state index is 12.2. The van der Waals surface area contributed by atoms with Crippen LogP contribution in [0.3, 0.4) is 0 Å². The van der Waals surface area contributed by atoms with E-state index in [1.165, 1.54) is 11.8 Å². The number of H-pyrrole nitrogens is 1. The van der Waals surface area contributed by atoms with Gasteiger partial charge in [-0.1, -0.05) is 36.0 Å². The molecule has 5 nitrogen and oxygen atoms in total. The Bertz CT molecular complexity index is 740. The van der Waals surface area contributed by atoms with E-state index in [1.807, 2.05) is 54.8 Å². The summed E-state index contributed by atoms with van der Waals surface area (Å²) in [6.07, 6.45) is 0. The summed E-state index contributed by atoms with van der Waals surface area (Å²) >= 11 is 2.92. The highest BCUT2D eigenvalue weighted by Gasteiger charge is 2.17. The average molecular weight is 330 g/mol. The van der Waals surface area contributed by atoms with Gasteiger partial charge in [-0.2, -0.15) is 0 Å². The summed E-state index contributed by atoms with van der Waals surface area (Å²) in [5.41, 5.74) is 0.786. The van der Waals surface area contributed by atoms with Crippen molar-refractivity contribution >= 4 is 34.7 Å². The van der Waals surface area contributed by atoms with Crippen LogP contribution in [-0.2, 0) is 4.79 Å². The molecule has 0 aliphatic heterocycles. The lowest BCUT2D eigenvalue weighted by Gasteiger charge is -2.09. The van der Waals surface area contributed by atoms with Crippen LogP contribution in [0.5, 0.6) is 0 Å². The molecule has 0 fully saturated rings. The maximum atomic E-state index is 12.2. The van der Waals surface area contributed by atoms with Gasteiger partial charge in [0.05, 0.1) is 10.1 Å². The number of aromatic amines is 1. The molecule has 0 radical (unpaired) electrons. The Morgan fingerprint density at radius 1 is 1.27 bits per heavy atom. The van der Waals surface area contributed by atoms with Crippen LogP contribution in [0.4, 0.5) is 5.69 Å². The molecule has 2 heterocycles. The highest BCUT2D eigenvalue weighted by Crippen LogP contribution is 2.25. The molecule has 0 aliphatic carbocycles. The Morgan fingerprint density at radius 2 is 2.09 bits per heavy atom. The zero-order valence-corrected chi connectivity index (χ0v) is 13.4. The summed E-state index contributed by atoms with van der Waals surface area (Å²) in [7, 11) is 0. The number of benzene rings is 1. The van der Waals surface area contributed by atoms with Crippen molar-refractivity contribution in [1.82, 2.24) is 15.2 Å². The number of carbonyl (C=O) groups is 1. The summed E-state index contributed by atoms with van der Waals surface area (Å²) in [5.74, 6) is 0.659. The van der Waals surface area contributed by atoms with Gasteiger partial charge in [0.15, 0.2) is 5.82 Å². The van der Waals surface area contributed by atoms with Crippen molar-refractivity contribution in [1.29, 1.82) is 0 Å². The normalized spacial score (nSPS) is 12.0. The first-order chi connectivity index (χ1) is 10.7. The Kier molecular flexibility index (Phi) is 4.55. The molecular formula is C15H14N4OS2. The molecule has 2 N–H and O–H groups in total. The van der Waals surface area contributed by atoms with Gasteiger partial charge >= 0.3 is 0 Å². The fraction of sp³-hybridized carbons (Fsp3) is 0.133. The molecule has 0 saturated carbocycles. The topological polar surface area (TPSA) is 70.7 Å². The average Bonchev–Trinajstić information content (AvgIpc) is 3.19. The lowest BCUT2D eigenvalue weighted by molar-refractivity contribution is -0.115. The molecule has 0 bridgehead atoms. The third-order valence-corrected chi connectivity index (χ3v) is 4.75. The van der Waals surface area contributed by atoms with Crippen molar-refractivity contribution in [3.63, 3.8) is 0 Å². The van der Waals surface area contributed by atoms with E-state index in [0.717, 1.165) is 16.4 Å². The molecule has 2 aromatic heterocycles. The minimum absolute atomic E-state index is 0.0707. The number of carbonyl (C=O) groups excluding carboxylic acids is 1. The number of anilines is 1. The van der Waals surface area contributed by atoms with Crippen LogP contribution in [0.15, 0.2) is 53.0 Å². The first kappa shape index (κ1) is 14.8. The predicted molar refractivity (Wildman–Crippen MR) is 90.1 cm³/mol. The summed E-state index contributed by atoms with van der Waals surface area (Å²) < 4.78 is 0. The molecule has 7 heteroatoms. The molecule has 3 aromatic rings. The number of para-hydroxylation sites is 1. The van der Waals surface area contributed by atoms with Gasteiger partial charge in [0.25, 0.3) is 0 Å². The molecule has 1 amide bonds. The van der Waals surface area contributed by atoms with E-state index in [4.69, 9.17) is 0 Å². The number of rotatable bonds is 5. The van der Waals surface area contributed by atoms with E-state index in [2.05, 4.69) is 20.5 Å². The van der Waals surface area contributed by atoms with Crippen LogP contribution < -0.4 is 5.32 Å². The predicted octanol–water partition coefficient (Wildman–Crippen LogP) is 3.65. The summed E-state index contributed by atoms with van der Waals surface area (Å²) in [4.78, 5) is 17.6. The zero-order chi connectivity index (χ0) is 15.4. The van der Waals surface area contributed by atoms with E-state index < -0.39 is 0 Å². The van der Waals surface area contributed by atoms with E-state index >= 15 is 0 Å². The third-order valence-electron chi connectivity index (χ3n) is 2.91. The Labute approximate surface area is 136 Å². The van der Waals surface area contributed by atoms with Gasteiger partial charge in [-0.3, -0.25) is 9.89 Å². The molecule has 0 saturated heterocycles. The van der Waals surface area contributed by atoms with Gasteiger partial charge in [-0.05, 0) is 30.5 Å². The maximum Gasteiger partial charge on any atom is 0.237 e. The van der Waals surface area contributed by atoms with E-state index in [-0.39, 0.29) is 11.2 Å². The standard InChI is InChI=1S/C15H14N4OS2/c1-10(14(20)16-11-6-3-2-4-7-11)22-15-17-13(18-19-15)12-8-5-9-21-12/h2-10H,1H3,(H,16,20)(H,17,18,19)/t10-/m0/s1. The molecule has 22 heavy (non-hydrogen) atoms. The van der Waals surface area contributed by atoms with Crippen LogP contribution in [0.1, 0.15) is 6.92 Å². The first-order valence-corrected chi connectivity index (χ1v) is 8.47. The van der Waals surface area contributed by atoms with Crippen molar-refractivity contribution in [3.8, 4) is 10.7 Å². The quantitative estimate of drug-likeness (QED) is 0.701. The second-order valence-electron chi connectivity index (χ2n) is 4.56. The second kappa shape index (κ2) is 6.76. The van der Waals surface area contributed by atoms with Gasteiger partial charge in [0.2, 0.25) is 11.1 Å². The van der Waals surface area contributed by atoms with Gasteiger partial charge in [-0.25, -0.2) is 4.98 Å². The minimum Gasteiger partial charge on any atom is -0.325 e. The van der Waals surface area contributed by atoms with Crippen molar-refractivity contribution in [2.75, 3.05) is 5.32 Å². The van der Waals surface area contributed by atoms with Crippen LogP contribution >= 0.6 is 23.1 Å². The van der Waals surface area contributed by atoms with Crippen molar-refractivity contribution in [2.45, 2.75) is 17.3 Å². The monoisotopic (exact) mass is 330 g/mol. The molecule has 0 unspecified atom stereocenters. The van der Waals surface area contributed by atoms with Gasteiger partial charge in [0.1, 0.15) is 0 Å². The number of hydrogen-bond acceptors (Lipinski definition) is 5. The van der Waals surface area contributed by atoms with Crippen molar-refractivity contribution < 1.29 is 4.79 Å².